The van der Waals surface area contributed by atoms with Gasteiger partial charge in [-0.05, 0) is 56.4 Å². The van der Waals surface area contributed by atoms with Crippen molar-refractivity contribution in [2.24, 2.45) is 0 Å². The number of hydrogen-bond acceptors (Lipinski definition) is 8. The van der Waals surface area contributed by atoms with Crippen molar-refractivity contribution in [3.63, 3.8) is 0 Å². The number of piperazine rings is 1. The predicted molar refractivity (Wildman–Crippen MR) is 168 cm³/mol. The third-order valence-corrected chi connectivity index (χ3v) is 9.03. The average Bonchev–Trinajstić information content (AvgIpc) is 3.65. The number of benzene rings is 2. The lowest BCUT2D eigenvalue weighted by molar-refractivity contribution is -0.128. The van der Waals surface area contributed by atoms with E-state index in [-0.39, 0.29) is 30.4 Å². The van der Waals surface area contributed by atoms with Gasteiger partial charge in [0.25, 0.3) is 0 Å². The summed E-state index contributed by atoms with van der Waals surface area (Å²) in [6, 6.07) is 14.3. The minimum atomic E-state index is -0.309. The number of ether oxygens (including phenoxy) is 1. The van der Waals surface area contributed by atoms with Crippen molar-refractivity contribution in [2.45, 2.75) is 51.4 Å². The van der Waals surface area contributed by atoms with Crippen molar-refractivity contribution < 1.29 is 14.3 Å². The minimum Gasteiger partial charge on any atom is -0.462 e. The van der Waals surface area contributed by atoms with E-state index in [1.807, 2.05) is 43.3 Å². The molecule has 0 spiro atoms. The third-order valence-electron chi connectivity index (χ3n) is 9.03. The summed E-state index contributed by atoms with van der Waals surface area (Å²) >= 11 is 0. The first kappa shape index (κ1) is 29.4. The van der Waals surface area contributed by atoms with Gasteiger partial charge in [-0.3, -0.25) is 4.79 Å². The Balaban J connectivity index is 1.27. The number of urea groups is 1. The first-order valence-electron chi connectivity index (χ1n) is 15.2. The Kier molecular flexibility index (Phi) is 8.35. The van der Waals surface area contributed by atoms with Gasteiger partial charge in [0.2, 0.25) is 5.91 Å². The molecule has 3 aromatic rings. The lowest BCUT2D eigenvalue weighted by Crippen LogP contribution is -2.55. The number of rotatable bonds is 7. The molecule has 11 heteroatoms. The van der Waals surface area contributed by atoms with Gasteiger partial charge < -0.3 is 29.7 Å². The molecule has 2 saturated heterocycles. The monoisotopic (exact) mass is 594 g/mol. The quantitative estimate of drug-likeness (QED) is 0.407. The Morgan fingerprint density at radius 2 is 1.95 bits per heavy atom. The summed E-state index contributed by atoms with van der Waals surface area (Å²) in [6.45, 7) is 9.24. The van der Waals surface area contributed by atoms with Gasteiger partial charge in [-0.25, -0.2) is 4.79 Å². The highest BCUT2D eigenvalue weighted by Gasteiger charge is 2.35. The maximum atomic E-state index is 13.7. The normalized spacial score (nSPS) is 20.0. The summed E-state index contributed by atoms with van der Waals surface area (Å²) in [6.07, 6.45) is 3.68. The predicted octanol–water partition coefficient (Wildman–Crippen LogP) is 4.08. The zero-order valence-corrected chi connectivity index (χ0v) is 25.3. The summed E-state index contributed by atoms with van der Waals surface area (Å²) in [5.41, 5.74) is 3.46. The van der Waals surface area contributed by atoms with Crippen molar-refractivity contribution >= 4 is 34.2 Å². The summed E-state index contributed by atoms with van der Waals surface area (Å²) < 4.78 is 6.18. The van der Waals surface area contributed by atoms with Gasteiger partial charge in [-0.1, -0.05) is 36.9 Å². The molecule has 2 fully saturated rings. The second kappa shape index (κ2) is 12.5. The van der Waals surface area contributed by atoms with Crippen molar-refractivity contribution in [1.29, 1.82) is 5.26 Å². The first-order chi connectivity index (χ1) is 21.4. The number of carbonyl (C=O) groups excluding carboxylic acids is 2. The Labute approximate surface area is 257 Å². The van der Waals surface area contributed by atoms with Crippen LogP contribution in [0.5, 0.6) is 6.01 Å². The molecule has 3 aliphatic rings. The van der Waals surface area contributed by atoms with Crippen LogP contribution in [0.4, 0.5) is 16.3 Å². The highest BCUT2D eigenvalue weighted by Crippen LogP contribution is 2.34. The highest BCUT2D eigenvalue weighted by atomic mass is 16.5. The first-order valence-corrected chi connectivity index (χ1v) is 15.2. The molecule has 2 atom stereocenters. The largest absolute Gasteiger partial charge is 0.462 e. The molecule has 0 saturated carbocycles. The molecular weight excluding hydrogens is 556 g/mol. The number of nitriles is 1. The van der Waals surface area contributed by atoms with Crippen molar-refractivity contribution in [2.75, 3.05) is 50.1 Å². The molecule has 0 bridgehead atoms. The minimum absolute atomic E-state index is 0.186. The number of nitrogens with one attached hydrogen (secondary N) is 1. The Hall–Kier alpha value is -4.69. The van der Waals surface area contributed by atoms with Crippen molar-refractivity contribution in [3.8, 4) is 12.1 Å². The van der Waals surface area contributed by atoms with Gasteiger partial charge in [0.1, 0.15) is 12.4 Å². The number of likely N-dealkylation sites (N-methyl/N-ethyl adjacent to an activating group) is 1. The maximum absolute atomic E-state index is 13.7. The van der Waals surface area contributed by atoms with Crippen LogP contribution in [0.25, 0.3) is 10.8 Å². The van der Waals surface area contributed by atoms with E-state index >= 15 is 0 Å². The molecule has 11 nitrogen and oxygen atoms in total. The average molecular weight is 595 g/mol. The van der Waals surface area contributed by atoms with E-state index < -0.39 is 0 Å². The molecule has 0 aliphatic carbocycles. The van der Waals surface area contributed by atoms with E-state index in [0.717, 1.165) is 52.7 Å². The fourth-order valence-electron chi connectivity index (χ4n) is 6.61. The fraction of sp³-hybridized carbons (Fsp3) is 0.424. The topological polar surface area (TPSA) is 118 Å². The van der Waals surface area contributed by atoms with Crippen LogP contribution in [0.15, 0.2) is 49.1 Å². The smallest absolute Gasteiger partial charge is 0.322 e. The molecule has 2 aromatic carbocycles. The standard InChI is InChI=1S/C33H38N8O3/c1-4-29(42)41-17-16-39(18-24(41)13-14-34)31-26-19-40(20-28(26)35-32(37-31)44-21-25-11-7-15-38(25)3)33(43)36-27-12-6-10-23-9-5-8-22(2)30(23)27/h4-6,8-10,12,24-25H,1,7,11,13,15-21H2,2-3H3,(H,36,43). The molecule has 3 aliphatic heterocycles. The second-order valence-electron chi connectivity index (χ2n) is 11.8. The molecule has 44 heavy (non-hydrogen) atoms. The summed E-state index contributed by atoms with van der Waals surface area (Å²) in [5.74, 6) is 0.503. The number of carbonyl (C=O) groups is 2. The SMILES string of the molecule is C=CC(=O)N1CCN(c2nc(OCC3CCCN3C)nc3c2CN(C(=O)Nc2cccc4cccc(C)c24)C3)CC1CC#N. The molecule has 4 heterocycles. The Morgan fingerprint density at radius 3 is 2.70 bits per heavy atom. The van der Waals surface area contributed by atoms with E-state index in [0.29, 0.717) is 51.2 Å². The number of nitrogens with zero attached hydrogens (tertiary/aromatic N) is 7. The van der Waals surface area contributed by atoms with E-state index in [1.165, 1.54) is 6.08 Å². The summed E-state index contributed by atoms with van der Waals surface area (Å²) in [5, 5.41) is 14.7. The number of fused-ring (bicyclic) bond motifs is 2. The van der Waals surface area contributed by atoms with Gasteiger partial charge >= 0.3 is 12.0 Å². The second-order valence-corrected chi connectivity index (χ2v) is 11.8. The number of likely N-dealkylation sites (tertiary alicyclic amines) is 1. The number of aryl methyl sites for hydroxylation is 1. The van der Waals surface area contributed by atoms with E-state index in [9.17, 15) is 14.9 Å². The Bertz CT molecular complexity index is 1630. The van der Waals surface area contributed by atoms with Gasteiger partial charge in [0.15, 0.2) is 0 Å². The van der Waals surface area contributed by atoms with Crippen LogP contribution in [0, 0.1) is 18.3 Å². The lowest BCUT2D eigenvalue weighted by atomic mass is 10.0. The van der Waals surface area contributed by atoms with Crippen molar-refractivity contribution in [3.05, 3.63) is 65.9 Å². The zero-order chi connectivity index (χ0) is 30.8. The van der Waals surface area contributed by atoms with Crippen LogP contribution in [0.3, 0.4) is 0 Å². The Morgan fingerprint density at radius 1 is 1.14 bits per heavy atom. The van der Waals surface area contributed by atoms with Crippen LogP contribution in [-0.4, -0.2) is 88.5 Å². The fourth-order valence-corrected chi connectivity index (χ4v) is 6.61. The molecule has 0 radical (unpaired) electrons. The maximum Gasteiger partial charge on any atom is 0.322 e. The van der Waals surface area contributed by atoms with Gasteiger partial charge in [0.05, 0.1) is 43.0 Å². The molecule has 3 amide bonds. The van der Waals surface area contributed by atoms with Gasteiger partial charge in [0, 0.05) is 36.6 Å². The molecule has 1 aromatic heterocycles. The molecule has 228 valence electrons. The lowest BCUT2D eigenvalue weighted by Gasteiger charge is -2.41. The third kappa shape index (κ3) is 5.77. The number of hydrogen-bond donors (Lipinski definition) is 1. The highest BCUT2D eigenvalue weighted by molar-refractivity contribution is 6.03. The van der Waals surface area contributed by atoms with Gasteiger partial charge in [-0.2, -0.15) is 15.2 Å². The van der Waals surface area contributed by atoms with Crippen LogP contribution in [-0.2, 0) is 17.9 Å². The van der Waals surface area contributed by atoms with E-state index in [1.54, 1.807) is 9.80 Å². The number of amides is 3. The van der Waals surface area contributed by atoms with Crippen molar-refractivity contribution in [1.82, 2.24) is 24.7 Å². The summed E-state index contributed by atoms with van der Waals surface area (Å²) in [4.78, 5) is 43.7. The molecule has 2 unspecified atom stereocenters. The van der Waals surface area contributed by atoms with E-state index in [2.05, 4.69) is 34.8 Å². The molecular formula is C33H38N8O3. The van der Waals surface area contributed by atoms with Gasteiger partial charge in [-0.15, -0.1) is 0 Å². The zero-order valence-electron chi connectivity index (χ0n) is 25.3. The number of anilines is 2. The molecule has 6 rings (SSSR count). The number of aromatic nitrogens is 2. The van der Waals surface area contributed by atoms with E-state index in [4.69, 9.17) is 14.7 Å². The summed E-state index contributed by atoms with van der Waals surface area (Å²) in [7, 11) is 2.10. The molecule has 1 N–H and O–H groups in total. The van der Waals surface area contributed by atoms with Crippen LogP contribution >= 0.6 is 0 Å². The van der Waals surface area contributed by atoms with Crippen LogP contribution < -0.4 is 15.0 Å². The van der Waals surface area contributed by atoms with Crippen LogP contribution in [0.2, 0.25) is 0 Å². The van der Waals surface area contributed by atoms with Crippen LogP contribution in [0.1, 0.15) is 36.1 Å².